The fourth-order valence-electron chi connectivity index (χ4n) is 2.96. The predicted octanol–water partition coefficient (Wildman–Crippen LogP) is 1.48. The second kappa shape index (κ2) is 5.48. The van der Waals surface area contributed by atoms with Gasteiger partial charge in [0, 0.05) is 31.8 Å². The van der Waals surface area contributed by atoms with Crippen LogP contribution in [0.5, 0.6) is 0 Å². The Morgan fingerprint density at radius 3 is 2.75 bits per heavy atom. The predicted molar refractivity (Wildman–Crippen MR) is 66.6 cm³/mol. The quantitative estimate of drug-likeness (QED) is 0.789. The van der Waals surface area contributed by atoms with Crippen LogP contribution in [0.15, 0.2) is 0 Å². The van der Waals surface area contributed by atoms with Crippen LogP contribution >= 0.6 is 0 Å². The molecule has 0 aromatic rings. The van der Waals surface area contributed by atoms with Gasteiger partial charge in [-0.25, -0.2) is 0 Å². The number of nitrogens with zero attached hydrogens (tertiary/aromatic N) is 1. The first-order valence-electron chi connectivity index (χ1n) is 6.73. The summed E-state index contributed by atoms with van der Waals surface area (Å²) in [4.78, 5) is 2.67. The lowest BCUT2D eigenvalue weighted by Gasteiger charge is -2.37. The van der Waals surface area contributed by atoms with Gasteiger partial charge in [-0.2, -0.15) is 0 Å². The Bertz CT molecular complexity index is 220. The maximum absolute atomic E-state index is 5.84. The first kappa shape index (κ1) is 12.3. The first-order chi connectivity index (χ1) is 7.70. The Hall–Kier alpha value is -0.120. The number of hydrogen-bond acceptors (Lipinski definition) is 3. The van der Waals surface area contributed by atoms with Gasteiger partial charge in [-0.15, -0.1) is 0 Å². The fourth-order valence-corrected chi connectivity index (χ4v) is 2.96. The molecule has 3 heteroatoms. The Balaban J connectivity index is 1.85. The molecule has 2 fully saturated rings. The van der Waals surface area contributed by atoms with Crippen LogP contribution in [0.3, 0.4) is 0 Å². The van der Waals surface area contributed by atoms with Gasteiger partial charge in [0.15, 0.2) is 0 Å². The van der Waals surface area contributed by atoms with Crippen molar-refractivity contribution in [2.45, 2.75) is 51.3 Å². The summed E-state index contributed by atoms with van der Waals surface area (Å²) in [5.41, 5.74) is 0. The van der Waals surface area contributed by atoms with Gasteiger partial charge in [0.1, 0.15) is 0 Å². The molecule has 2 saturated heterocycles. The van der Waals surface area contributed by atoms with Gasteiger partial charge >= 0.3 is 0 Å². The zero-order valence-corrected chi connectivity index (χ0v) is 10.9. The smallest absolute Gasteiger partial charge is 0.0612 e. The third-order valence-corrected chi connectivity index (χ3v) is 4.18. The normalized spacial score (nSPS) is 37.1. The summed E-state index contributed by atoms with van der Waals surface area (Å²) in [6.45, 7) is 7.99. The molecule has 94 valence electrons. The van der Waals surface area contributed by atoms with Crippen LogP contribution in [-0.4, -0.2) is 49.8 Å². The molecule has 0 saturated carbocycles. The van der Waals surface area contributed by atoms with Crippen molar-refractivity contribution in [3.05, 3.63) is 0 Å². The monoisotopic (exact) mass is 226 g/mol. The Kier molecular flexibility index (Phi) is 4.22. The van der Waals surface area contributed by atoms with Crippen molar-refractivity contribution in [3.63, 3.8) is 0 Å². The second-order valence-corrected chi connectivity index (χ2v) is 5.60. The van der Waals surface area contributed by atoms with E-state index < -0.39 is 0 Å². The molecule has 1 N–H and O–H groups in total. The van der Waals surface area contributed by atoms with Crippen molar-refractivity contribution in [2.24, 2.45) is 5.92 Å². The van der Waals surface area contributed by atoms with E-state index in [1.54, 1.807) is 0 Å². The maximum atomic E-state index is 5.84. The highest BCUT2D eigenvalue weighted by Crippen LogP contribution is 2.26. The molecule has 0 spiro atoms. The summed E-state index contributed by atoms with van der Waals surface area (Å²) >= 11 is 0. The molecule has 2 heterocycles. The average molecular weight is 226 g/mol. The molecule has 3 atom stereocenters. The number of rotatable bonds is 3. The molecule has 2 aliphatic rings. The number of likely N-dealkylation sites (tertiary alicyclic amines) is 1. The van der Waals surface area contributed by atoms with Gasteiger partial charge < -0.3 is 10.1 Å². The fraction of sp³-hybridized carbons (Fsp3) is 1.00. The van der Waals surface area contributed by atoms with Crippen molar-refractivity contribution in [1.82, 2.24) is 10.2 Å². The van der Waals surface area contributed by atoms with Crippen LogP contribution in [0.1, 0.15) is 33.1 Å². The lowest BCUT2D eigenvalue weighted by atomic mass is 9.94. The number of likely N-dealkylation sites (N-methyl/N-ethyl adjacent to an activating group) is 1. The molecule has 0 amide bonds. The van der Waals surface area contributed by atoms with E-state index in [9.17, 15) is 0 Å². The minimum Gasteiger partial charge on any atom is -0.378 e. The third-order valence-electron chi connectivity index (χ3n) is 4.18. The number of nitrogens with one attached hydrogen (secondary N) is 1. The first-order valence-corrected chi connectivity index (χ1v) is 6.73. The van der Waals surface area contributed by atoms with Crippen LogP contribution in [0, 0.1) is 5.92 Å². The van der Waals surface area contributed by atoms with E-state index >= 15 is 0 Å². The molecular weight excluding hydrogens is 200 g/mol. The molecule has 16 heavy (non-hydrogen) atoms. The minimum absolute atomic E-state index is 0.479. The van der Waals surface area contributed by atoms with Crippen LogP contribution in [-0.2, 0) is 4.74 Å². The van der Waals surface area contributed by atoms with Crippen LogP contribution < -0.4 is 5.32 Å². The van der Waals surface area contributed by atoms with Crippen molar-refractivity contribution in [2.75, 3.05) is 26.7 Å². The van der Waals surface area contributed by atoms with Crippen molar-refractivity contribution >= 4 is 0 Å². The summed E-state index contributed by atoms with van der Waals surface area (Å²) in [6, 6.07) is 1.47. The molecule has 0 radical (unpaired) electrons. The Labute approximate surface area is 99.5 Å². The highest BCUT2D eigenvalue weighted by molar-refractivity contribution is 4.88. The van der Waals surface area contributed by atoms with Crippen molar-refractivity contribution < 1.29 is 4.74 Å². The van der Waals surface area contributed by atoms with Gasteiger partial charge in [0.25, 0.3) is 0 Å². The van der Waals surface area contributed by atoms with Gasteiger partial charge in [-0.1, -0.05) is 13.8 Å². The van der Waals surface area contributed by atoms with Gasteiger partial charge in [-0.3, -0.25) is 4.90 Å². The molecular formula is C13H26N2O. The molecule has 0 bridgehead atoms. The second-order valence-electron chi connectivity index (χ2n) is 5.60. The standard InChI is InChI=1S/C13H26N2O/c1-10(2)13-8-12(5-7-16-13)15-6-4-11(9-15)14-3/h10-14H,4-9H2,1-3H3. The van der Waals surface area contributed by atoms with E-state index in [2.05, 4.69) is 31.1 Å². The summed E-state index contributed by atoms with van der Waals surface area (Å²) < 4.78 is 5.84. The molecule has 2 aliphatic heterocycles. The van der Waals surface area contributed by atoms with Crippen LogP contribution in [0.4, 0.5) is 0 Å². The Morgan fingerprint density at radius 2 is 2.12 bits per heavy atom. The zero-order chi connectivity index (χ0) is 11.5. The van der Waals surface area contributed by atoms with Crippen molar-refractivity contribution in [1.29, 1.82) is 0 Å². The highest BCUT2D eigenvalue weighted by Gasteiger charge is 2.32. The molecule has 0 aliphatic carbocycles. The van der Waals surface area contributed by atoms with Gasteiger partial charge in [-0.05, 0) is 32.2 Å². The topological polar surface area (TPSA) is 24.5 Å². The Morgan fingerprint density at radius 1 is 1.31 bits per heavy atom. The van der Waals surface area contributed by atoms with Gasteiger partial charge in [0.05, 0.1) is 6.10 Å². The van der Waals surface area contributed by atoms with E-state index in [4.69, 9.17) is 4.74 Å². The zero-order valence-electron chi connectivity index (χ0n) is 10.9. The number of hydrogen-bond donors (Lipinski definition) is 1. The summed E-state index contributed by atoms with van der Waals surface area (Å²) in [6.07, 6.45) is 4.24. The largest absolute Gasteiger partial charge is 0.378 e. The van der Waals surface area contributed by atoms with Crippen molar-refractivity contribution in [3.8, 4) is 0 Å². The summed E-state index contributed by atoms with van der Waals surface area (Å²) in [5.74, 6) is 0.658. The third kappa shape index (κ3) is 2.76. The van der Waals surface area contributed by atoms with E-state index in [1.165, 1.54) is 32.4 Å². The highest BCUT2D eigenvalue weighted by atomic mass is 16.5. The van der Waals surface area contributed by atoms with E-state index in [0.29, 0.717) is 18.1 Å². The molecule has 2 rings (SSSR count). The summed E-state index contributed by atoms with van der Waals surface area (Å²) in [5, 5.41) is 3.39. The van der Waals surface area contributed by atoms with Gasteiger partial charge in [0.2, 0.25) is 0 Å². The number of ether oxygens (including phenoxy) is 1. The molecule has 0 aromatic carbocycles. The maximum Gasteiger partial charge on any atom is 0.0612 e. The lowest BCUT2D eigenvalue weighted by molar-refractivity contribution is -0.0448. The van der Waals surface area contributed by atoms with E-state index in [0.717, 1.165) is 12.6 Å². The average Bonchev–Trinajstić information content (AvgIpc) is 2.77. The minimum atomic E-state index is 0.479. The SMILES string of the molecule is CNC1CCN(C2CCOC(C(C)C)C2)C1. The lowest BCUT2D eigenvalue weighted by Crippen LogP contribution is -2.43. The van der Waals surface area contributed by atoms with Crippen LogP contribution in [0.25, 0.3) is 0 Å². The molecule has 0 aromatic heterocycles. The van der Waals surface area contributed by atoms with E-state index in [1.807, 2.05) is 0 Å². The van der Waals surface area contributed by atoms with E-state index in [-0.39, 0.29) is 0 Å². The molecule has 3 unspecified atom stereocenters. The summed E-state index contributed by atoms with van der Waals surface area (Å²) in [7, 11) is 2.08. The molecule has 3 nitrogen and oxygen atoms in total. The van der Waals surface area contributed by atoms with Crippen LogP contribution in [0.2, 0.25) is 0 Å².